The molecule has 24 heavy (non-hydrogen) atoms. The maximum atomic E-state index is 12.1. The first-order valence-corrected chi connectivity index (χ1v) is 8.79. The van der Waals surface area contributed by atoms with E-state index in [4.69, 9.17) is 4.74 Å². The van der Waals surface area contributed by atoms with E-state index in [2.05, 4.69) is 48.4 Å². The number of hydrogen-bond donors (Lipinski definition) is 2. The predicted molar refractivity (Wildman–Crippen MR) is 97.3 cm³/mol. The minimum Gasteiger partial charge on any atom is -0.383 e. The van der Waals surface area contributed by atoms with Gasteiger partial charge in [0.2, 0.25) is 0 Å². The molecule has 0 aromatic heterocycles. The van der Waals surface area contributed by atoms with Gasteiger partial charge in [-0.3, -0.25) is 0 Å². The van der Waals surface area contributed by atoms with Crippen molar-refractivity contribution in [2.24, 2.45) is 5.92 Å². The van der Waals surface area contributed by atoms with Crippen LogP contribution in [-0.2, 0) is 11.3 Å². The number of urea groups is 1. The van der Waals surface area contributed by atoms with Gasteiger partial charge in [-0.1, -0.05) is 17.7 Å². The minimum atomic E-state index is -0.0790. The van der Waals surface area contributed by atoms with E-state index in [9.17, 15) is 4.79 Å². The molecule has 0 unspecified atom stereocenters. The Kier molecular flexibility index (Phi) is 7.06. The first-order valence-electron chi connectivity index (χ1n) is 8.79. The molecule has 5 nitrogen and oxygen atoms in total. The Balaban J connectivity index is 1.71. The molecule has 1 aromatic rings. The highest BCUT2D eigenvalue weighted by molar-refractivity contribution is 5.73. The molecular weight excluding hydrogens is 302 g/mol. The lowest BCUT2D eigenvalue weighted by Gasteiger charge is -2.16. The van der Waals surface area contributed by atoms with Crippen LogP contribution >= 0.6 is 0 Å². The predicted octanol–water partition coefficient (Wildman–Crippen LogP) is 2.38. The van der Waals surface area contributed by atoms with E-state index in [1.165, 1.54) is 22.3 Å². The third-order valence-electron chi connectivity index (χ3n) is 4.80. The van der Waals surface area contributed by atoms with Gasteiger partial charge in [0.25, 0.3) is 0 Å². The number of amides is 2. The van der Waals surface area contributed by atoms with E-state index in [1.807, 2.05) is 0 Å². The number of nitrogens with one attached hydrogen (secondary N) is 2. The van der Waals surface area contributed by atoms with E-state index in [1.54, 1.807) is 7.11 Å². The normalized spacial score (nSPS) is 17.9. The van der Waals surface area contributed by atoms with Crippen molar-refractivity contribution in [2.75, 3.05) is 39.9 Å². The van der Waals surface area contributed by atoms with Crippen LogP contribution in [-0.4, -0.2) is 50.8 Å². The van der Waals surface area contributed by atoms with Gasteiger partial charge in [0.15, 0.2) is 0 Å². The summed E-state index contributed by atoms with van der Waals surface area (Å²) < 4.78 is 5.12. The van der Waals surface area contributed by atoms with Crippen molar-refractivity contribution < 1.29 is 9.53 Å². The Morgan fingerprint density at radius 1 is 1.25 bits per heavy atom. The Bertz CT molecular complexity index is 537. The molecule has 1 aromatic carbocycles. The highest BCUT2D eigenvalue weighted by Gasteiger charge is 2.22. The fourth-order valence-electron chi connectivity index (χ4n) is 3.46. The van der Waals surface area contributed by atoms with Gasteiger partial charge in [0.05, 0.1) is 6.61 Å². The number of methoxy groups -OCH3 is 1. The molecule has 0 radical (unpaired) electrons. The molecule has 5 heteroatoms. The number of nitrogens with zero attached hydrogens (tertiary/aromatic N) is 1. The Hall–Kier alpha value is -1.59. The Morgan fingerprint density at radius 2 is 1.96 bits per heavy atom. The van der Waals surface area contributed by atoms with Gasteiger partial charge in [-0.05, 0) is 56.3 Å². The van der Waals surface area contributed by atoms with Crippen LogP contribution in [0.25, 0.3) is 0 Å². The first-order chi connectivity index (χ1) is 11.5. The summed E-state index contributed by atoms with van der Waals surface area (Å²) in [5.41, 5.74) is 4.94. The zero-order valence-corrected chi connectivity index (χ0v) is 15.4. The van der Waals surface area contributed by atoms with Crippen molar-refractivity contribution in [1.82, 2.24) is 15.5 Å². The standard InChI is InChI=1S/C19H31N3O2/c1-14-9-15(2)18(16(3)10-14)12-21-19(23)20-11-17-5-6-22(13-17)7-8-24-4/h9-10,17H,5-8,11-13H2,1-4H3,(H2,20,21,23)/t17-/m0/s1. The molecule has 2 rings (SSSR count). The van der Waals surface area contributed by atoms with Gasteiger partial charge in [-0.2, -0.15) is 0 Å². The molecule has 0 saturated carbocycles. The summed E-state index contributed by atoms with van der Waals surface area (Å²) in [4.78, 5) is 14.5. The van der Waals surface area contributed by atoms with Crippen molar-refractivity contribution in [3.05, 3.63) is 34.4 Å². The largest absolute Gasteiger partial charge is 0.383 e. The van der Waals surface area contributed by atoms with Gasteiger partial charge in [-0.25, -0.2) is 4.79 Å². The second-order valence-electron chi connectivity index (χ2n) is 6.89. The molecular formula is C19H31N3O2. The summed E-state index contributed by atoms with van der Waals surface area (Å²) in [6.07, 6.45) is 1.14. The average Bonchev–Trinajstić information content (AvgIpc) is 2.97. The molecule has 2 amide bonds. The number of ether oxygens (including phenoxy) is 1. The van der Waals surface area contributed by atoms with Gasteiger partial charge in [-0.15, -0.1) is 0 Å². The zero-order valence-electron chi connectivity index (χ0n) is 15.4. The second-order valence-corrected chi connectivity index (χ2v) is 6.89. The number of rotatable bonds is 7. The van der Waals surface area contributed by atoms with Crippen LogP contribution in [0.5, 0.6) is 0 Å². The molecule has 1 heterocycles. The highest BCUT2D eigenvalue weighted by Crippen LogP contribution is 2.16. The van der Waals surface area contributed by atoms with Crippen molar-refractivity contribution in [1.29, 1.82) is 0 Å². The minimum absolute atomic E-state index is 0.0790. The zero-order chi connectivity index (χ0) is 17.5. The number of carbonyl (C=O) groups excluding carboxylic acids is 1. The van der Waals surface area contributed by atoms with Crippen LogP contribution < -0.4 is 10.6 Å². The summed E-state index contributed by atoms with van der Waals surface area (Å²) in [5.74, 6) is 0.537. The molecule has 0 bridgehead atoms. The van der Waals surface area contributed by atoms with Crippen LogP contribution in [0.1, 0.15) is 28.7 Å². The number of benzene rings is 1. The number of carbonyl (C=O) groups is 1. The molecule has 1 atom stereocenters. The molecule has 0 spiro atoms. The van der Waals surface area contributed by atoms with Crippen molar-refractivity contribution in [2.45, 2.75) is 33.7 Å². The number of aryl methyl sites for hydroxylation is 3. The summed E-state index contributed by atoms with van der Waals surface area (Å²) >= 11 is 0. The number of hydrogen-bond acceptors (Lipinski definition) is 3. The van der Waals surface area contributed by atoms with Crippen LogP contribution in [0.4, 0.5) is 4.79 Å². The van der Waals surface area contributed by atoms with E-state index in [0.29, 0.717) is 12.5 Å². The summed E-state index contributed by atoms with van der Waals surface area (Å²) in [7, 11) is 1.73. The summed E-state index contributed by atoms with van der Waals surface area (Å²) in [6.45, 7) is 11.5. The maximum absolute atomic E-state index is 12.1. The Morgan fingerprint density at radius 3 is 2.62 bits per heavy atom. The highest BCUT2D eigenvalue weighted by atomic mass is 16.5. The average molecular weight is 333 g/mol. The molecule has 1 fully saturated rings. The second kappa shape index (κ2) is 9.04. The van der Waals surface area contributed by atoms with E-state index in [0.717, 1.165) is 39.2 Å². The molecule has 134 valence electrons. The third kappa shape index (κ3) is 5.49. The molecule has 1 saturated heterocycles. The molecule has 1 aliphatic heterocycles. The summed E-state index contributed by atoms with van der Waals surface area (Å²) in [6, 6.07) is 4.24. The smallest absolute Gasteiger partial charge is 0.315 e. The fourth-order valence-corrected chi connectivity index (χ4v) is 3.46. The fraction of sp³-hybridized carbons (Fsp3) is 0.632. The van der Waals surface area contributed by atoms with Crippen LogP contribution in [0.3, 0.4) is 0 Å². The van der Waals surface area contributed by atoms with Crippen LogP contribution in [0.15, 0.2) is 12.1 Å². The van der Waals surface area contributed by atoms with E-state index >= 15 is 0 Å². The molecule has 1 aliphatic rings. The SMILES string of the molecule is COCCN1CC[C@@H](CNC(=O)NCc2c(C)cc(C)cc2C)C1. The van der Waals surface area contributed by atoms with Crippen LogP contribution in [0.2, 0.25) is 0 Å². The van der Waals surface area contributed by atoms with Gasteiger partial charge < -0.3 is 20.3 Å². The van der Waals surface area contributed by atoms with Gasteiger partial charge >= 0.3 is 6.03 Å². The lowest BCUT2D eigenvalue weighted by molar-refractivity contribution is 0.159. The van der Waals surface area contributed by atoms with E-state index < -0.39 is 0 Å². The van der Waals surface area contributed by atoms with Gasteiger partial charge in [0.1, 0.15) is 0 Å². The topological polar surface area (TPSA) is 53.6 Å². The van der Waals surface area contributed by atoms with Crippen molar-refractivity contribution >= 4 is 6.03 Å². The monoisotopic (exact) mass is 333 g/mol. The Labute approximate surface area is 145 Å². The van der Waals surface area contributed by atoms with Crippen molar-refractivity contribution in [3.8, 4) is 0 Å². The third-order valence-corrected chi connectivity index (χ3v) is 4.80. The maximum Gasteiger partial charge on any atom is 0.315 e. The molecule has 2 N–H and O–H groups in total. The lowest BCUT2D eigenvalue weighted by Crippen LogP contribution is -2.38. The lowest BCUT2D eigenvalue weighted by atomic mass is 10.00. The first kappa shape index (κ1) is 18.7. The van der Waals surface area contributed by atoms with Crippen molar-refractivity contribution in [3.63, 3.8) is 0 Å². The van der Waals surface area contributed by atoms with Gasteiger partial charge in [0, 0.05) is 33.3 Å². The quantitative estimate of drug-likeness (QED) is 0.805. The number of likely N-dealkylation sites (tertiary alicyclic amines) is 1. The summed E-state index contributed by atoms with van der Waals surface area (Å²) in [5, 5.41) is 6.00. The van der Waals surface area contributed by atoms with E-state index in [-0.39, 0.29) is 6.03 Å². The molecule has 0 aliphatic carbocycles. The van der Waals surface area contributed by atoms with Crippen LogP contribution in [0, 0.1) is 26.7 Å².